The van der Waals surface area contributed by atoms with Crippen molar-refractivity contribution in [3.8, 4) is 0 Å². The van der Waals surface area contributed by atoms with E-state index in [0.29, 0.717) is 12.8 Å². The molecule has 2 atom stereocenters. The van der Waals surface area contributed by atoms with Crippen LogP contribution in [-0.2, 0) is 4.79 Å². The molecule has 0 saturated heterocycles. The summed E-state index contributed by atoms with van der Waals surface area (Å²) in [6, 6.07) is -0.0718. The predicted octanol–water partition coefficient (Wildman–Crippen LogP) is 0.0301. The first-order chi connectivity index (χ1) is 4.52. The smallest absolute Gasteiger partial charge is 0.135 e. The summed E-state index contributed by atoms with van der Waals surface area (Å²) in [6.45, 7) is 3.64. The third-order valence-electron chi connectivity index (χ3n) is 1.10. The van der Waals surface area contributed by atoms with Crippen LogP contribution in [0, 0.1) is 0 Å². The van der Waals surface area contributed by atoms with Gasteiger partial charge in [-0.05, 0) is 13.8 Å². The molecule has 2 unspecified atom stereocenters. The molecule has 3 nitrogen and oxygen atoms in total. The first-order valence-electron chi connectivity index (χ1n) is 3.55. The minimum Gasteiger partial charge on any atom is -0.328 e. The van der Waals surface area contributed by atoms with E-state index >= 15 is 0 Å². The number of rotatable bonds is 4. The molecule has 0 heterocycles. The number of carbonyl (C=O) groups is 1. The Hall–Kier alpha value is -0.410. The van der Waals surface area contributed by atoms with Crippen molar-refractivity contribution in [2.24, 2.45) is 11.5 Å². The minimum absolute atomic E-state index is 0.0359. The first kappa shape index (κ1) is 9.59. The van der Waals surface area contributed by atoms with Gasteiger partial charge >= 0.3 is 0 Å². The van der Waals surface area contributed by atoms with Crippen molar-refractivity contribution in [2.45, 2.75) is 38.8 Å². The highest BCUT2D eigenvalue weighted by atomic mass is 16.1. The summed E-state index contributed by atoms with van der Waals surface area (Å²) in [7, 11) is 0. The Morgan fingerprint density at radius 2 is 1.50 bits per heavy atom. The van der Waals surface area contributed by atoms with Gasteiger partial charge in [-0.15, -0.1) is 0 Å². The predicted molar refractivity (Wildman–Crippen MR) is 41.5 cm³/mol. The maximum atomic E-state index is 10.9. The number of carbonyl (C=O) groups excluding carboxylic acids is 1. The lowest BCUT2D eigenvalue weighted by Crippen LogP contribution is -2.25. The Morgan fingerprint density at radius 1 is 1.20 bits per heavy atom. The monoisotopic (exact) mass is 144 g/mol. The van der Waals surface area contributed by atoms with Crippen LogP contribution >= 0.6 is 0 Å². The van der Waals surface area contributed by atoms with Crippen LogP contribution in [0.2, 0.25) is 0 Å². The molecule has 0 radical (unpaired) electrons. The second-order valence-electron chi connectivity index (χ2n) is 2.90. The molecule has 0 spiro atoms. The molecule has 60 valence electrons. The highest BCUT2D eigenvalue weighted by molar-refractivity contribution is 5.79. The van der Waals surface area contributed by atoms with E-state index in [4.69, 9.17) is 11.5 Å². The minimum atomic E-state index is -0.0359. The number of ketones is 1. The molecule has 0 aromatic carbocycles. The fourth-order valence-electron chi connectivity index (χ4n) is 0.802. The van der Waals surface area contributed by atoms with Gasteiger partial charge < -0.3 is 11.5 Å². The standard InChI is InChI=1S/C7H16N2O/c1-5(8)3-7(10)4-6(2)9/h5-6H,3-4,8-9H2,1-2H3. The summed E-state index contributed by atoms with van der Waals surface area (Å²) in [5, 5.41) is 0. The summed E-state index contributed by atoms with van der Waals surface area (Å²) in [6.07, 6.45) is 0.892. The second-order valence-corrected chi connectivity index (χ2v) is 2.90. The molecule has 10 heavy (non-hydrogen) atoms. The van der Waals surface area contributed by atoms with Crippen LogP contribution < -0.4 is 11.5 Å². The molecule has 0 rings (SSSR count). The molecule has 0 fully saturated rings. The highest BCUT2D eigenvalue weighted by Crippen LogP contribution is 1.95. The maximum Gasteiger partial charge on any atom is 0.135 e. The van der Waals surface area contributed by atoms with Gasteiger partial charge in [-0.3, -0.25) is 4.79 Å². The third-order valence-corrected chi connectivity index (χ3v) is 1.10. The van der Waals surface area contributed by atoms with Crippen LogP contribution in [-0.4, -0.2) is 17.9 Å². The highest BCUT2D eigenvalue weighted by Gasteiger charge is 2.06. The molecule has 0 amide bonds. The van der Waals surface area contributed by atoms with Crippen molar-refractivity contribution in [1.29, 1.82) is 0 Å². The van der Waals surface area contributed by atoms with Crippen LogP contribution in [0.1, 0.15) is 26.7 Å². The molecule has 0 aliphatic carbocycles. The number of hydrogen-bond donors (Lipinski definition) is 2. The van der Waals surface area contributed by atoms with E-state index in [2.05, 4.69) is 0 Å². The van der Waals surface area contributed by atoms with Gasteiger partial charge in [0.2, 0.25) is 0 Å². The SMILES string of the molecule is CC(N)CC(=O)CC(C)N. The van der Waals surface area contributed by atoms with E-state index in [1.165, 1.54) is 0 Å². The largest absolute Gasteiger partial charge is 0.328 e. The third kappa shape index (κ3) is 5.72. The molecular formula is C7H16N2O. The van der Waals surface area contributed by atoms with Crippen LogP contribution in [0.4, 0.5) is 0 Å². The topological polar surface area (TPSA) is 69.1 Å². The summed E-state index contributed by atoms with van der Waals surface area (Å²) >= 11 is 0. The van der Waals surface area contributed by atoms with E-state index in [1.807, 2.05) is 13.8 Å². The zero-order valence-electron chi connectivity index (χ0n) is 6.63. The van der Waals surface area contributed by atoms with Gasteiger partial charge in [-0.25, -0.2) is 0 Å². The maximum absolute atomic E-state index is 10.9. The Kier molecular flexibility index (Phi) is 4.23. The summed E-state index contributed by atoms with van der Waals surface area (Å²) in [5.41, 5.74) is 10.8. The van der Waals surface area contributed by atoms with Crippen molar-refractivity contribution in [1.82, 2.24) is 0 Å². The first-order valence-corrected chi connectivity index (χ1v) is 3.55. The van der Waals surface area contributed by atoms with Gasteiger partial charge in [0.25, 0.3) is 0 Å². The van der Waals surface area contributed by atoms with Crippen molar-refractivity contribution >= 4 is 5.78 Å². The summed E-state index contributed by atoms with van der Waals surface area (Å²) in [4.78, 5) is 10.9. The number of hydrogen-bond acceptors (Lipinski definition) is 3. The average Bonchev–Trinajstić information content (AvgIpc) is 1.58. The normalized spacial score (nSPS) is 16.4. The molecular weight excluding hydrogens is 128 g/mol. The van der Waals surface area contributed by atoms with E-state index in [-0.39, 0.29) is 17.9 Å². The Morgan fingerprint density at radius 3 is 1.70 bits per heavy atom. The Labute approximate surface area is 61.8 Å². The molecule has 4 N–H and O–H groups in total. The average molecular weight is 144 g/mol. The summed E-state index contributed by atoms with van der Waals surface area (Å²) in [5.74, 6) is 0.157. The van der Waals surface area contributed by atoms with E-state index in [9.17, 15) is 4.79 Å². The lowest BCUT2D eigenvalue weighted by atomic mass is 10.1. The van der Waals surface area contributed by atoms with Gasteiger partial charge in [-0.1, -0.05) is 0 Å². The van der Waals surface area contributed by atoms with Crippen molar-refractivity contribution in [3.05, 3.63) is 0 Å². The second kappa shape index (κ2) is 4.41. The number of Topliss-reactive ketones (excluding diaryl/α,β-unsaturated/α-hetero) is 1. The van der Waals surface area contributed by atoms with Crippen LogP contribution in [0.3, 0.4) is 0 Å². The Bertz CT molecular complexity index is 98.2. The van der Waals surface area contributed by atoms with E-state index in [0.717, 1.165) is 0 Å². The van der Waals surface area contributed by atoms with Gasteiger partial charge in [0, 0.05) is 24.9 Å². The van der Waals surface area contributed by atoms with E-state index in [1.54, 1.807) is 0 Å². The lowest BCUT2D eigenvalue weighted by molar-refractivity contribution is -0.119. The van der Waals surface area contributed by atoms with Gasteiger partial charge in [0.1, 0.15) is 5.78 Å². The zero-order chi connectivity index (χ0) is 8.15. The Balaban J connectivity index is 3.44. The van der Waals surface area contributed by atoms with Crippen molar-refractivity contribution < 1.29 is 4.79 Å². The summed E-state index contributed by atoms with van der Waals surface area (Å²) < 4.78 is 0. The molecule has 0 saturated carbocycles. The molecule has 3 heteroatoms. The van der Waals surface area contributed by atoms with Crippen LogP contribution in [0.5, 0.6) is 0 Å². The van der Waals surface area contributed by atoms with Crippen molar-refractivity contribution in [2.75, 3.05) is 0 Å². The molecule has 0 aromatic rings. The van der Waals surface area contributed by atoms with Gasteiger partial charge in [0.15, 0.2) is 0 Å². The molecule has 0 aromatic heterocycles. The van der Waals surface area contributed by atoms with Gasteiger partial charge in [0.05, 0.1) is 0 Å². The van der Waals surface area contributed by atoms with Gasteiger partial charge in [-0.2, -0.15) is 0 Å². The van der Waals surface area contributed by atoms with Crippen molar-refractivity contribution in [3.63, 3.8) is 0 Å². The van der Waals surface area contributed by atoms with E-state index < -0.39 is 0 Å². The van der Waals surface area contributed by atoms with Crippen LogP contribution in [0.25, 0.3) is 0 Å². The fraction of sp³-hybridized carbons (Fsp3) is 0.857. The fourth-order valence-corrected chi connectivity index (χ4v) is 0.802. The molecule has 0 aliphatic heterocycles. The lowest BCUT2D eigenvalue weighted by Gasteiger charge is -2.05. The number of nitrogens with two attached hydrogens (primary N) is 2. The quantitative estimate of drug-likeness (QED) is 0.585. The molecule has 0 bridgehead atoms. The zero-order valence-corrected chi connectivity index (χ0v) is 6.63. The molecule has 0 aliphatic rings. The van der Waals surface area contributed by atoms with Crippen LogP contribution in [0.15, 0.2) is 0 Å².